The van der Waals surface area contributed by atoms with Gasteiger partial charge in [-0.05, 0) is 36.8 Å². The number of hydrogen-bond donors (Lipinski definition) is 2. The third-order valence-corrected chi connectivity index (χ3v) is 4.67. The number of carbonyl (C=O) groups excluding carboxylic acids is 1. The molecule has 0 spiro atoms. The number of ether oxygens (including phenoxy) is 1. The van der Waals surface area contributed by atoms with Crippen LogP contribution < -0.4 is 15.4 Å². The van der Waals surface area contributed by atoms with E-state index in [0.29, 0.717) is 17.1 Å². The Morgan fingerprint density at radius 3 is 2.45 bits per heavy atom. The Bertz CT molecular complexity index is 971. The van der Waals surface area contributed by atoms with Crippen LogP contribution in [0.5, 0.6) is 5.75 Å². The number of aliphatic imine (C=N–C) groups is 1. The van der Waals surface area contributed by atoms with E-state index in [1.54, 1.807) is 11.1 Å². The van der Waals surface area contributed by atoms with Crippen molar-refractivity contribution in [3.05, 3.63) is 71.9 Å². The van der Waals surface area contributed by atoms with Crippen molar-refractivity contribution in [1.82, 2.24) is 15.5 Å². The van der Waals surface area contributed by atoms with Crippen molar-refractivity contribution < 1.29 is 22.7 Å². The van der Waals surface area contributed by atoms with Crippen molar-refractivity contribution in [2.45, 2.75) is 25.5 Å². The molecule has 150 valence electrons. The first kappa shape index (κ1) is 18.9. The Morgan fingerprint density at radius 1 is 1.10 bits per heavy atom. The van der Waals surface area contributed by atoms with E-state index in [4.69, 9.17) is 0 Å². The molecule has 2 aromatic carbocycles. The molecule has 2 heterocycles. The van der Waals surface area contributed by atoms with Crippen LogP contribution in [0.4, 0.5) is 18.0 Å². The van der Waals surface area contributed by atoms with Gasteiger partial charge in [-0.1, -0.05) is 30.3 Å². The smallest absolute Gasteiger partial charge is 0.406 e. The molecule has 9 heteroatoms. The number of nitrogens with zero attached hydrogens (tertiary/aromatic N) is 2. The molecule has 0 bridgehead atoms. The monoisotopic (exact) mass is 402 g/mol. The molecule has 4 rings (SSSR count). The molecule has 0 aromatic heterocycles. The normalized spacial score (nSPS) is 19.5. The molecule has 2 aromatic rings. The van der Waals surface area contributed by atoms with Gasteiger partial charge in [-0.3, -0.25) is 4.90 Å². The first-order valence-electron chi connectivity index (χ1n) is 8.87. The first-order valence-corrected chi connectivity index (χ1v) is 8.87. The number of halogens is 3. The summed E-state index contributed by atoms with van der Waals surface area (Å²) in [6.07, 6.45) is -3.60. The van der Waals surface area contributed by atoms with E-state index in [-0.39, 0.29) is 17.8 Å². The van der Waals surface area contributed by atoms with Gasteiger partial charge in [0.05, 0.1) is 11.7 Å². The highest BCUT2D eigenvalue weighted by Crippen LogP contribution is 2.29. The van der Waals surface area contributed by atoms with Gasteiger partial charge in [0.15, 0.2) is 12.0 Å². The molecule has 0 radical (unpaired) electrons. The van der Waals surface area contributed by atoms with Gasteiger partial charge in [-0.2, -0.15) is 0 Å². The van der Waals surface area contributed by atoms with Gasteiger partial charge < -0.3 is 15.4 Å². The Labute approximate surface area is 164 Å². The number of nitrogens with one attached hydrogen (secondary N) is 2. The second-order valence-corrected chi connectivity index (χ2v) is 6.58. The number of hydrogen-bond acceptors (Lipinski definition) is 4. The maximum absolute atomic E-state index is 12.5. The molecule has 0 aliphatic carbocycles. The number of alkyl halides is 3. The minimum atomic E-state index is -4.75. The highest BCUT2D eigenvalue weighted by atomic mass is 19.4. The van der Waals surface area contributed by atoms with E-state index in [1.165, 1.54) is 24.3 Å². The number of rotatable bonds is 4. The standard InChI is InChI=1S/C20H17F3N4O2/c1-12(13-5-3-2-4-6-13)27-18-17(26-19(27)28)24-11-16(25-18)14-7-9-15(10-8-14)29-20(21,22)23/h2-12,17,24H,1H3,(H,26,28). The van der Waals surface area contributed by atoms with Crippen LogP contribution in [-0.4, -0.2) is 29.3 Å². The van der Waals surface area contributed by atoms with Gasteiger partial charge in [0.2, 0.25) is 0 Å². The number of amides is 2. The van der Waals surface area contributed by atoms with Crippen molar-refractivity contribution in [3.8, 4) is 5.75 Å². The molecule has 2 atom stereocenters. The van der Waals surface area contributed by atoms with Crippen molar-refractivity contribution in [2.75, 3.05) is 0 Å². The summed E-state index contributed by atoms with van der Waals surface area (Å²) in [5.74, 6) is 0.188. The van der Waals surface area contributed by atoms with Crippen molar-refractivity contribution in [2.24, 2.45) is 4.99 Å². The van der Waals surface area contributed by atoms with E-state index in [2.05, 4.69) is 20.4 Å². The molecule has 1 fully saturated rings. The second-order valence-electron chi connectivity index (χ2n) is 6.58. The molecule has 0 saturated carbocycles. The Hall–Kier alpha value is -3.49. The number of amidine groups is 1. The molecule has 2 amide bonds. The van der Waals surface area contributed by atoms with Crippen molar-refractivity contribution in [1.29, 1.82) is 0 Å². The molecular formula is C20H17F3N4O2. The lowest BCUT2D eigenvalue weighted by Crippen LogP contribution is -2.43. The van der Waals surface area contributed by atoms with Crippen LogP contribution in [0.3, 0.4) is 0 Å². The summed E-state index contributed by atoms with van der Waals surface area (Å²) in [5.41, 5.74) is 2.04. The molecule has 2 aliphatic heterocycles. The van der Waals surface area contributed by atoms with Gasteiger partial charge in [-0.25, -0.2) is 9.79 Å². The van der Waals surface area contributed by atoms with E-state index in [9.17, 15) is 18.0 Å². The van der Waals surface area contributed by atoms with E-state index >= 15 is 0 Å². The summed E-state index contributed by atoms with van der Waals surface area (Å²) in [6, 6.07) is 14.4. The SMILES string of the molecule is CC(c1ccccc1)N1C(=O)NC2NC=C(c3ccc(OC(F)(F)F)cc3)N=C21. The number of fused-ring (bicyclic) bond motifs is 1. The molecule has 2 unspecified atom stereocenters. The minimum absolute atomic E-state index is 0.247. The predicted octanol–water partition coefficient (Wildman–Crippen LogP) is 4.00. The van der Waals surface area contributed by atoms with Gasteiger partial charge >= 0.3 is 12.4 Å². The van der Waals surface area contributed by atoms with Gasteiger partial charge in [0.1, 0.15) is 5.75 Å². The van der Waals surface area contributed by atoms with Crippen molar-refractivity contribution in [3.63, 3.8) is 0 Å². The van der Waals surface area contributed by atoms with Gasteiger partial charge in [0, 0.05) is 11.8 Å². The fourth-order valence-electron chi connectivity index (χ4n) is 3.28. The molecule has 1 saturated heterocycles. The zero-order valence-corrected chi connectivity index (χ0v) is 15.3. The third-order valence-electron chi connectivity index (χ3n) is 4.67. The zero-order chi connectivity index (χ0) is 20.6. The number of benzene rings is 2. The molecular weight excluding hydrogens is 385 g/mol. The lowest BCUT2D eigenvalue weighted by molar-refractivity contribution is -0.274. The quantitative estimate of drug-likeness (QED) is 0.813. The third kappa shape index (κ3) is 3.89. The molecule has 29 heavy (non-hydrogen) atoms. The lowest BCUT2D eigenvalue weighted by Gasteiger charge is -2.26. The van der Waals surface area contributed by atoms with E-state index in [1.807, 2.05) is 37.3 Å². The molecule has 6 nitrogen and oxygen atoms in total. The number of carbonyl (C=O) groups is 1. The fourth-order valence-corrected chi connectivity index (χ4v) is 3.28. The summed E-state index contributed by atoms with van der Waals surface area (Å²) in [4.78, 5) is 18.7. The fraction of sp³-hybridized carbons (Fsp3) is 0.200. The van der Waals surface area contributed by atoms with Crippen LogP contribution in [0.25, 0.3) is 5.70 Å². The second kappa shape index (κ2) is 7.16. The van der Waals surface area contributed by atoms with Crippen LogP contribution in [0.2, 0.25) is 0 Å². The summed E-state index contributed by atoms with van der Waals surface area (Å²) in [6.45, 7) is 1.90. The topological polar surface area (TPSA) is 66.0 Å². The largest absolute Gasteiger partial charge is 0.573 e. The maximum Gasteiger partial charge on any atom is 0.573 e. The summed E-state index contributed by atoms with van der Waals surface area (Å²) in [5, 5.41) is 5.89. The van der Waals surface area contributed by atoms with Crippen molar-refractivity contribution >= 4 is 17.6 Å². The molecule has 2 aliphatic rings. The molecule has 2 N–H and O–H groups in total. The van der Waals surface area contributed by atoms with Crippen LogP contribution in [-0.2, 0) is 0 Å². The zero-order valence-electron chi connectivity index (χ0n) is 15.3. The van der Waals surface area contributed by atoms with Crippen LogP contribution >= 0.6 is 0 Å². The highest BCUT2D eigenvalue weighted by Gasteiger charge is 2.40. The predicted molar refractivity (Wildman–Crippen MR) is 101 cm³/mol. The van der Waals surface area contributed by atoms with Gasteiger partial charge in [0.25, 0.3) is 0 Å². The van der Waals surface area contributed by atoms with Crippen LogP contribution in [0, 0.1) is 0 Å². The Morgan fingerprint density at radius 2 is 1.79 bits per heavy atom. The average Bonchev–Trinajstić information content (AvgIpc) is 3.02. The maximum atomic E-state index is 12.5. The van der Waals surface area contributed by atoms with Gasteiger partial charge in [-0.15, -0.1) is 13.2 Å². The first-order chi connectivity index (χ1) is 13.8. The van der Waals surface area contributed by atoms with Crippen LogP contribution in [0.1, 0.15) is 24.1 Å². The van der Waals surface area contributed by atoms with E-state index < -0.39 is 12.5 Å². The summed E-state index contributed by atoms with van der Waals surface area (Å²) >= 11 is 0. The summed E-state index contributed by atoms with van der Waals surface area (Å²) < 4.78 is 40.9. The minimum Gasteiger partial charge on any atom is -0.406 e. The average molecular weight is 402 g/mol. The Balaban J connectivity index is 1.59. The Kier molecular flexibility index (Phi) is 4.65. The highest BCUT2D eigenvalue weighted by molar-refractivity contribution is 6.09. The van der Waals surface area contributed by atoms with Crippen LogP contribution in [0.15, 0.2) is 65.8 Å². The lowest BCUT2D eigenvalue weighted by atomic mass is 10.1. The summed E-state index contributed by atoms with van der Waals surface area (Å²) in [7, 11) is 0. The van der Waals surface area contributed by atoms with E-state index in [0.717, 1.165) is 5.56 Å². The number of urea groups is 1.